The van der Waals surface area contributed by atoms with Gasteiger partial charge in [0, 0.05) is 0 Å². The zero-order valence-electron chi connectivity index (χ0n) is 9.01. The smallest absolute Gasteiger partial charge is 0.726 e. The van der Waals surface area contributed by atoms with Gasteiger partial charge in [-0.05, 0) is 31.0 Å². The van der Waals surface area contributed by atoms with Crippen LogP contribution in [-0.2, 0) is 21.0 Å². The Morgan fingerprint density at radius 3 is 2.31 bits per heavy atom. The molecule has 0 saturated heterocycles. The van der Waals surface area contributed by atoms with Crippen LogP contribution >= 0.6 is 0 Å². The predicted octanol–water partition coefficient (Wildman–Crippen LogP) is -1.76. The SMILES string of the molecule is C[C@@H](Cc1ccc(F)cc1)OS(=O)(=O)[O-].[Na+]. The summed E-state index contributed by atoms with van der Waals surface area (Å²) in [5.74, 6) is -0.372. The largest absolute Gasteiger partial charge is 1.00 e. The maximum atomic E-state index is 12.5. The quantitative estimate of drug-likeness (QED) is 0.363. The molecule has 7 heteroatoms. The Labute approximate surface area is 116 Å². The van der Waals surface area contributed by atoms with Crippen LogP contribution in [0.2, 0.25) is 0 Å². The second kappa shape index (κ2) is 6.68. The molecular weight excluding hydrogens is 246 g/mol. The van der Waals surface area contributed by atoms with Gasteiger partial charge in [-0.15, -0.1) is 0 Å². The third-order valence-electron chi connectivity index (χ3n) is 1.72. The molecule has 0 fully saturated rings. The number of halogens is 1. The van der Waals surface area contributed by atoms with E-state index in [0.29, 0.717) is 5.56 Å². The summed E-state index contributed by atoms with van der Waals surface area (Å²) < 4.78 is 47.5. The van der Waals surface area contributed by atoms with Crippen LogP contribution in [0.3, 0.4) is 0 Å². The first-order valence-electron chi connectivity index (χ1n) is 4.25. The molecule has 1 aromatic carbocycles. The zero-order valence-corrected chi connectivity index (χ0v) is 11.8. The van der Waals surface area contributed by atoms with E-state index in [1.807, 2.05) is 0 Å². The first kappa shape index (κ1) is 16.0. The van der Waals surface area contributed by atoms with E-state index in [1.165, 1.54) is 31.2 Å². The molecule has 1 atom stereocenters. The zero-order chi connectivity index (χ0) is 11.5. The van der Waals surface area contributed by atoms with Crippen molar-refractivity contribution in [3.8, 4) is 0 Å². The average Bonchev–Trinajstić information content (AvgIpc) is 2.05. The monoisotopic (exact) mass is 256 g/mol. The van der Waals surface area contributed by atoms with Crippen LogP contribution in [0.4, 0.5) is 4.39 Å². The van der Waals surface area contributed by atoms with E-state index in [-0.39, 0.29) is 41.8 Å². The summed E-state index contributed by atoms with van der Waals surface area (Å²) in [5.41, 5.74) is 0.701. The molecule has 0 N–H and O–H groups in total. The Bertz CT molecular complexity index is 418. The van der Waals surface area contributed by atoms with Gasteiger partial charge in [-0.3, -0.25) is 4.18 Å². The summed E-state index contributed by atoms with van der Waals surface area (Å²) in [5, 5.41) is 0. The molecule has 0 amide bonds. The van der Waals surface area contributed by atoms with E-state index in [4.69, 9.17) is 0 Å². The van der Waals surface area contributed by atoms with Gasteiger partial charge in [0.1, 0.15) is 5.82 Å². The fourth-order valence-corrected chi connectivity index (χ4v) is 1.66. The molecule has 0 unspecified atom stereocenters. The second-order valence-electron chi connectivity index (χ2n) is 3.15. The number of hydrogen-bond acceptors (Lipinski definition) is 4. The van der Waals surface area contributed by atoms with Crippen molar-refractivity contribution in [2.75, 3.05) is 0 Å². The van der Waals surface area contributed by atoms with E-state index in [1.54, 1.807) is 0 Å². The molecule has 0 spiro atoms. The van der Waals surface area contributed by atoms with E-state index in [9.17, 15) is 17.4 Å². The Morgan fingerprint density at radius 2 is 1.88 bits per heavy atom. The molecule has 0 bridgehead atoms. The molecule has 0 radical (unpaired) electrons. The van der Waals surface area contributed by atoms with Crippen LogP contribution in [0.5, 0.6) is 0 Å². The average molecular weight is 256 g/mol. The van der Waals surface area contributed by atoms with Crippen molar-refractivity contribution in [2.24, 2.45) is 0 Å². The van der Waals surface area contributed by atoms with Crippen molar-refractivity contribution in [3.05, 3.63) is 35.6 Å². The summed E-state index contributed by atoms with van der Waals surface area (Å²) in [6.07, 6.45) is -0.514. The topological polar surface area (TPSA) is 66.4 Å². The van der Waals surface area contributed by atoms with Gasteiger partial charge < -0.3 is 4.55 Å². The van der Waals surface area contributed by atoms with Gasteiger partial charge in [-0.1, -0.05) is 12.1 Å². The molecule has 4 nitrogen and oxygen atoms in total. The maximum absolute atomic E-state index is 12.5. The fraction of sp³-hybridized carbons (Fsp3) is 0.333. The van der Waals surface area contributed by atoms with Gasteiger partial charge in [-0.2, -0.15) is 0 Å². The molecule has 0 aromatic heterocycles. The Kier molecular flexibility index (Phi) is 6.69. The minimum Gasteiger partial charge on any atom is -0.726 e. The van der Waals surface area contributed by atoms with Crippen LogP contribution in [0, 0.1) is 5.82 Å². The second-order valence-corrected chi connectivity index (χ2v) is 4.15. The normalized spacial score (nSPS) is 12.9. The van der Waals surface area contributed by atoms with Gasteiger partial charge in [0.05, 0.1) is 6.10 Å². The van der Waals surface area contributed by atoms with Crippen LogP contribution in [0.25, 0.3) is 0 Å². The first-order chi connectivity index (χ1) is 6.87. The third-order valence-corrected chi connectivity index (χ3v) is 2.28. The molecule has 0 heterocycles. The number of rotatable bonds is 4. The molecular formula is C9H10FNaO4S. The summed E-state index contributed by atoms with van der Waals surface area (Å²) in [6, 6.07) is 5.53. The molecule has 1 rings (SSSR count). The number of benzene rings is 1. The van der Waals surface area contributed by atoms with Crippen molar-refractivity contribution in [2.45, 2.75) is 19.4 Å². The summed E-state index contributed by atoms with van der Waals surface area (Å²) >= 11 is 0. The van der Waals surface area contributed by atoms with E-state index >= 15 is 0 Å². The summed E-state index contributed by atoms with van der Waals surface area (Å²) in [4.78, 5) is 0. The van der Waals surface area contributed by atoms with Crippen molar-refractivity contribution in [1.29, 1.82) is 0 Å². The van der Waals surface area contributed by atoms with Crippen molar-refractivity contribution in [3.63, 3.8) is 0 Å². The van der Waals surface area contributed by atoms with Crippen LogP contribution in [-0.4, -0.2) is 19.1 Å². The van der Waals surface area contributed by atoms with E-state index < -0.39 is 16.5 Å². The van der Waals surface area contributed by atoms with Gasteiger partial charge in [0.15, 0.2) is 0 Å². The van der Waals surface area contributed by atoms with Gasteiger partial charge >= 0.3 is 29.6 Å². The summed E-state index contributed by atoms with van der Waals surface area (Å²) in [6.45, 7) is 1.46. The standard InChI is InChI=1S/C9H11FO4S.Na/c1-7(14-15(11,12)13)6-8-2-4-9(10)5-3-8;/h2-5,7H,6H2,1H3,(H,11,12,13);/q;+1/p-1/t7-;/m0./s1. The molecule has 16 heavy (non-hydrogen) atoms. The van der Waals surface area contributed by atoms with E-state index in [2.05, 4.69) is 4.18 Å². The minimum atomic E-state index is -4.68. The van der Waals surface area contributed by atoms with Gasteiger partial charge in [0.25, 0.3) is 0 Å². The molecule has 0 aliphatic heterocycles. The summed E-state index contributed by atoms with van der Waals surface area (Å²) in [7, 11) is -4.68. The van der Waals surface area contributed by atoms with Crippen LogP contribution in [0.1, 0.15) is 12.5 Å². The molecule has 0 aliphatic carbocycles. The van der Waals surface area contributed by atoms with Crippen LogP contribution < -0.4 is 29.6 Å². The van der Waals surface area contributed by atoms with Gasteiger partial charge in [-0.25, -0.2) is 12.8 Å². The molecule has 0 aliphatic rings. The van der Waals surface area contributed by atoms with Crippen molar-refractivity contribution >= 4 is 10.4 Å². The minimum absolute atomic E-state index is 0. The van der Waals surface area contributed by atoms with Gasteiger partial charge in [0.2, 0.25) is 10.4 Å². The Hall–Kier alpha value is 0.0200. The number of hydrogen-bond donors (Lipinski definition) is 0. The maximum Gasteiger partial charge on any atom is 1.00 e. The van der Waals surface area contributed by atoms with E-state index in [0.717, 1.165) is 0 Å². The molecule has 1 aromatic rings. The Morgan fingerprint density at radius 1 is 1.38 bits per heavy atom. The fourth-order valence-electron chi connectivity index (χ4n) is 1.19. The molecule has 84 valence electrons. The van der Waals surface area contributed by atoms with Crippen LogP contribution in [0.15, 0.2) is 24.3 Å². The first-order valence-corrected chi connectivity index (χ1v) is 5.59. The van der Waals surface area contributed by atoms with Crippen molar-refractivity contribution < 1.29 is 51.1 Å². The molecule has 0 saturated carbocycles. The third kappa shape index (κ3) is 6.57. The predicted molar refractivity (Wildman–Crippen MR) is 50.3 cm³/mol. The Balaban J connectivity index is 0.00000225. The van der Waals surface area contributed by atoms with Crippen molar-refractivity contribution in [1.82, 2.24) is 0 Å².